The van der Waals surface area contributed by atoms with Gasteiger partial charge in [0.05, 0.1) is 19.1 Å². The molecular weight excluding hydrogens is 144 g/mol. The van der Waals surface area contributed by atoms with Gasteiger partial charge in [0.2, 0.25) is 5.91 Å². The van der Waals surface area contributed by atoms with Gasteiger partial charge < -0.3 is 4.74 Å². The van der Waals surface area contributed by atoms with Crippen molar-refractivity contribution in [1.82, 2.24) is 5.43 Å². The van der Waals surface area contributed by atoms with Crippen LogP contribution in [0, 0.1) is 0 Å². The van der Waals surface area contributed by atoms with E-state index in [4.69, 9.17) is 10.6 Å². The summed E-state index contributed by atoms with van der Waals surface area (Å²) < 4.78 is 5.25. The van der Waals surface area contributed by atoms with E-state index >= 15 is 0 Å². The first kappa shape index (κ1) is 10.4. The van der Waals surface area contributed by atoms with Crippen molar-refractivity contribution in [1.29, 1.82) is 0 Å². The molecule has 3 N–H and O–H groups in total. The maximum Gasteiger partial charge on any atom is 0.236 e. The minimum Gasteiger partial charge on any atom is -0.378 e. The Labute approximate surface area is 67.1 Å². The Morgan fingerprint density at radius 2 is 2.36 bits per heavy atom. The van der Waals surface area contributed by atoms with Gasteiger partial charge in [-0.15, -0.1) is 0 Å². The zero-order chi connectivity index (χ0) is 8.69. The van der Waals surface area contributed by atoms with Gasteiger partial charge in [-0.3, -0.25) is 10.2 Å². The summed E-state index contributed by atoms with van der Waals surface area (Å²) in [6.45, 7) is 4.45. The maximum absolute atomic E-state index is 10.6. The summed E-state index contributed by atoms with van der Waals surface area (Å²) in [6, 6.07) is 0. The number of nitrogens with two attached hydrogens (primary N) is 1. The highest BCUT2D eigenvalue weighted by molar-refractivity contribution is 5.75. The Morgan fingerprint density at radius 3 is 2.82 bits per heavy atom. The molecule has 0 radical (unpaired) electrons. The summed E-state index contributed by atoms with van der Waals surface area (Å²) >= 11 is 0. The number of carbonyl (C=O) groups is 1. The second kappa shape index (κ2) is 6.12. The lowest BCUT2D eigenvalue weighted by molar-refractivity contribution is -0.122. The Bertz CT molecular complexity index is 117. The quantitative estimate of drug-likeness (QED) is 0.342. The van der Waals surface area contributed by atoms with Crippen LogP contribution in [0.25, 0.3) is 0 Å². The van der Waals surface area contributed by atoms with E-state index < -0.39 is 0 Å². The van der Waals surface area contributed by atoms with Gasteiger partial charge in [0.25, 0.3) is 0 Å². The number of hydrogen-bond acceptors (Lipinski definition) is 3. The van der Waals surface area contributed by atoms with E-state index in [0.29, 0.717) is 13.0 Å². The first-order valence-corrected chi connectivity index (χ1v) is 3.81. The van der Waals surface area contributed by atoms with Crippen LogP contribution < -0.4 is 11.3 Å². The molecule has 1 unspecified atom stereocenters. The van der Waals surface area contributed by atoms with Crippen molar-refractivity contribution >= 4 is 5.91 Å². The van der Waals surface area contributed by atoms with E-state index in [2.05, 4.69) is 0 Å². The molecule has 11 heavy (non-hydrogen) atoms. The normalized spacial score (nSPS) is 12.6. The van der Waals surface area contributed by atoms with Crippen LogP contribution in [0.5, 0.6) is 0 Å². The fourth-order valence-electron chi connectivity index (χ4n) is 0.543. The minimum atomic E-state index is -0.187. The largest absolute Gasteiger partial charge is 0.378 e. The van der Waals surface area contributed by atoms with E-state index in [1.54, 1.807) is 0 Å². The number of ether oxygens (including phenoxy) is 1. The molecule has 0 saturated carbocycles. The highest BCUT2D eigenvalue weighted by Gasteiger charge is 2.00. The molecule has 0 fully saturated rings. The summed E-state index contributed by atoms with van der Waals surface area (Å²) in [5.74, 6) is 4.68. The molecule has 66 valence electrons. The number of nitrogens with one attached hydrogen (secondary N) is 1. The molecule has 0 aromatic rings. The molecule has 0 aliphatic carbocycles. The van der Waals surface area contributed by atoms with Crippen molar-refractivity contribution in [2.75, 3.05) is 6.61 Å². The predicted molar refractivity (Wildman–Crippen MR) is 42.7 cm³/mol. The average molecular weight is 160 g/mol. The minimum absolute atomic E-state index is 0.187. The SMILES string of the molecule is CCC(C)OCCC(=O)NN. The molecular formula is C7H16N2O2. The van der Waals surface area contributed by atoms with Gasteiger partial charge in [0, 0.05) is 0 Å². The number of hydrogen-bond donors (Lipinski definition) is 2. The van der Waals surface area contributed by atoms with Crippen molar-refractivity contribution in [3.63, 3.8) is 0 Å². The van der Waals surface area contributed by atoms with E-state index in [0.717, 1.165) is 6.42 Å². The summed E-state index contributed by atoms with van der Waals surface area (Å²) in [7, 11) is 0. The molecule has 1 amide bonds. The van der Waals surface area contributed by atoms with Crippen LogP contribution in [-0.4, -0.2) is 18.6 Å². The number of carbonyl (C=O) groups excluding carboxylic acids is 1. The highest BCUT2D eigenvalue weighted by Crippen LogP contribution is 1.96. The molecule has 0 spiro atoms. The van der Waals surface area contributed by atoms with Crippen LogP contribution >= 0.6 is 0 Å². The second-order valence-electron chi connectivity index (χ2n) is 2.41. The zero-order valence-electron chi connectivity index (χ0n) is 7.09. The summed E-state index contributed by atoms with van der Waals surface area (Å²) in [4.78, 5) is 10.6. The highest BCUT2D eigenvalue weighted by atomic mass is 16.5. The second-order valence-corrected chi connectivity index (χ2v) is 2.41. The van der Waals surface area contributed by atoms with Gasteiger partial charge in [-0.25, -0.2) is 5.84 Å². The van der Waals surface area contributed by atoms with E-state index in [-0.39, 0.29) is 12.0 Å². The Hall–Kier alpha value is -0.610. The predicted octanol–water partition coefficient (Wildman–Crippen LogP) is 0.181. The van der Waals surface area contributed by atoms with Crippen molar-refractivity contribution < 1.29 is 9.53 Å². The third kappa shape index (κ3) is 5.82. The van der Waals surface area contributed by atoms with Gasteiger partial charge in [-0.1, -0.05) is 6.92 Å². The van der Waals surface area contributed by atoms with E-state index in [1.807, 2.05) is 19.3 Å². The lowest BCUT2D eigenvalue weighted by Crippen LogP contribution is -2.31. The number of amides is 1. The van der Waals surface area contributed by atoms with Crippen LogP contribution in [0.15, 0.2) is 0 Å². The average Bonchev–Trinajstić information content (AvgIpc) is 2.04. The van der Waals surface area contributed by atoms with Gasteiger partial charge in [-0.2, -0.15) is 0 Å². The molecule has 0 bridgehead atoms. The lowest BCUT2D eigenvalue weighted by Gasteiger charge is -2.08. The van der Waals surface area contributed by atoms with Crippen molar-refractivity contribution in [2.24, 2.45) is 5.84 Å². The van der Waals surface area contributed by atoms with Crippen LogP contribution in [0.3, 0.4) is 0 Å². The zero-order valence-corrected chi connectivity index (χ0v) is 7.09. The molecule has 0 saturated heterocycles. The van der Waals surface area contributed by atoms with Crippen LogP contribution in [0.4, 0.5) is 0 Å². The van der Waals surface area contributed by atoms with Crippen LogP contribution in [0.1, 0.15) is 26.7 Å². The molecule has 4 heteroatoms. The Morgan fingerprint density at radius 1 is 1.73 bits per heavy atom. The molecule has 0 aromatic heterocycles. The van der Waals surface area contributed by atoms with Gasteiger partial charge in [0.1, 0.15) is 0 Å². The molecule has 0 aliphatic heterocycles. The fraction of sp³-hybridized carbons (Fsp3) is 0.857. The Balaban J connectivity index is 3.20. The third-order valence-corrected chi connectivity index (χ3v) is 1.47. The first-order chi connectivity index (χ1) is 5.20. The summed E-state index contributed by atoms with van der Waals surface area (Å²) in [5.41, 5.74) is 2.04. The smallest absolute Gasteiger partial charge is 0.236 e. The molecule has 0 aromatic carbocycles. The molecule has 1 atom stereocenters. The van der Waals surface area contributed by atoms with Crippen LogP contribution in [-0.2, 0) is 9.53 Å². The standard InChI is InChI=1S/C7H16N2O2/c1-3-6(2)11-5-4-7(10)9-8/h6H,3-5,8H2,1-2H3,(H,9,10). The van der Waals surface area contributed by atoms with Crippen molar-refractivity contribution in [3.8, 4) is 0 Å². The number of hydrazine groups is 1. The lowest BCUT2D eigenvalue weighted by atomic mass is 10.3. The van der Waals surface area contributed by atoms with Gasteiger partial charge in [0.15, 0.2) is 0 Å². The van der Waals surface area contributed by atoms with Gasteiger partial charge >= 0.3 is 0 Å². The van der Waals surface area contributed by atoms with Gasteiger partial charge in [-0.05, 0) is 13.3 Å². The van der Waals surface area contributed by atoms with Crippen molar-refractivity contribution in [3.05, 3.63) is 0 Å². The fourth-order valence-corrected chi connectivity index (χ4v) is 0.543. The Kier molecular flexibility index (Phi) is 5.78. The monoisotopic (exact) mass is 160 g/mol. The molecule has 0 rings (SSSR count). The maximum atomic E-state index is 10.6. The molecule has 4 nitrogen and oxygen atoms in total. The topological polar surface area (TPSA) is 64.3 Å². The van der Waals surface area contributed by atoms with E-state index in [9.17, 15) is 4.79 Å². The molecule has 0 heterocycles. The third-order valence-electron chi connectivity index (χ3n) is 1.47. The summed E-state index contributed by atoms with van der Waals surface area (Å²) in [6.07, 6.45) is 1.52. The molecule has 0 aliphatic rings. The van der Waals surface area contributed by atoms with E-state index in [1.165, 1.54) is 0 Å². The van der Waals surface area contributed by atoms with Crippen molar-refractivity contribution in [2.45, 2.75) is 32.8 Å². The number of rotatable bonds is 5. The summed E-state index contributed by atoms with van der Waals surface area (Å²) in [5, 5.41) is 0. The van der Waals surface area contributed by atoms with Crippen LogP contribution in [0.2, 0.25) is 0 Å². The first-order valence-electron chi connectivity index (χ1n) is 3.81.